The number of rotatable bonds is 2. The van der Waals surface area contributed by atoms with Gasteiger partial charge in [-0.2, -0.15) is 0 Å². The summed E-state index contributed by atoms with van der Waals surface area (Å²) in [5, 5.41) is 5.89. The summed E-state index contributed by atoms with van der Waals surface area (Å²) in [5.41, 5.74) is 3.19. The summed E-state index contributed by atoms with van der Waals surface area (Å²) in [6.07, 6.45) is 0. The quantitative estimate of drug-likeness (QED) is 0.871. The zero-order valence-electron chi connectivity index (χ0n) is 10.7. The van der Waals surface area contributed by atoms with Gasteiger partial charge in [-0.25, -0.2) is 4.39 Å². The van der Waals surface area contributed by atoms with Gasteiger partial charge in [-0.3, -0.25) is 4.79 Å². The number of nitrogens with one attached hydrogen (secondary N) is 2. The zero-order valence-corrected chi connectivity index (χ0v) is 12.3. The lowest BCUT2D eigenvalue weighted by molar-refractivity contribution is -0.116. The van der Waals surface area contributed by atoms with Gasteiger partial charge in [0.2, 0.25) is 0 Å². The molecule has 1 heterocycles. The van der Waals surface area contributed by atoms with Gasteiger partial charge in [-0.05, 0) is 58.7 Å². The average Bonchev–Trinajstić information content (AvgIpc) is 2.69. The molecule has 102 valence electrons. The Morgan fingerprint density at radius 3 is 2.80 bits per heavy atom. The van der Waals surface area contributed by atoms with Crippen molar-refractivity contribution in [3.63, 3.8) is 0 Å². The largest absolute Gasteiger partial charge is 0.369 e. The molecule has 2 aromatic carbocycles. The fraction of sp³-hybridized carbons (Fsp3) is 0.133. The summed E-state index contributed by atoms with van der Waals surface area (Å²) < 4.78 is 14.2. The van der Waals surface area contributed by atoms with Gasteiger partial charge in [0.25, 0.3) is 5.91 Å². The Bertz CT molecular complexity index is 702. The van der Waals surface area contributed by atoms with Crippen LogP contribution in [0.2, 0.25) is 0 Å². The SMILES string of the molecule is Cc1ccc(NC2C(=O)Nc3ccc(F)cc32)c(Br)c1. The topological polar surface area (TPSA) is 41.1 Å². The van der Waals surface area contributed by atoms with E-state index in [9.17, 15) is 9.18 Å². The van der Waals surface area contributed by atoms with E-state index in [2.05, 4.69) is 26.6 Å². The van der Waals surface area contributed by atoms with Crippen molar-refractivity contribution in [2.75, 3.05) is 10.6 Å². The van der Waals surface area contributed by atoms with Crippen molar-refractivity contribution < 1.29 is 9.18 Å². The number of benzene rings is 2. The molecule has 0 spiro atoms. The van der Waals surface area contributed by atoms with E-state index in [0.29, 0.717) is 11.3 Å². The second-order valence-corrected chi connectivity index (χ2v) is 5.64. The van der Waals surface area contributed by atoms with E-state index in [0.717, 1.165) is 15.7 Å². The first-order valence-electron chi connectivity index (χ1n) is 6.17. The first kappa shape index (κ1) is 13.1. The van der Waals surface area contributed by atoms with E-state index in [4.69, 9.17) is 0 Å². The van der Waals surface area contributed by atoms with E-state index >= 15 is 0 Å². The van der Waals surface area contributed by atoms with Gasteiger partial charge in [-0.1, -0.05) is 6.07 Å². The molecule has 3 rings (SSSR count). The van der Waals surface area contributed by atoms with Gasteiger partial charge >= 0.3 is 0 Å². The van der Waals surface area contributed by atoms with Gasteiger partial charge < -0.3 is 10.6 Å². The van der Waals surface area contributed by atoms with Crippen LogP contribution in [0, 0.1) is 12.7 Å². The molecule has 0 saturated heterocycles. The lowest BCUT2D eigenvalue weighted by atomic mass is 10.1. The van der Waals surface area contributed by atoms with E-state index in [1.165, 1.54) is 12.1 Å². The summed E-state index contributed by atoms with van der Waals surface area (Å²) in [5.74, 6) is -0.534. The Morgan fingerprint density at radius 1 is 1.25 bits per heavy atom. The highest BCUT2D eigenvalue weighted by Crippen LogP contribution is 2.35. The smallest absolute Gasteiger partial charge is 0.251 e. The molecule has 0 fully saturated rings. The second kappa shape index (κ2) is 4.90. The number of aryl methyl sites for hydroxylation is 1. The highest BCUT2D eigenvalue weighted by atomic mass is 79.9. The van der Waals surface area contributed by atoms with Gasteiger partial charge in [0, 0.05) is 21.4 Å². The van der Waals surface area contributed by atoms with E-state index < -0.39 is 6.04 Å². The third-order valence-corrected chi connectivity index (χ3v) is 3.93. The van der Waals surface area contributed by atoms with Crippen molar-refractivity contribution >= 4 is 33.2 Å². The Morgan fingerprint density at radius 2 is 2.05 bits per heavy atom. The molecule has 1 aliphatic rings. The van der Waals surface area contributed by atoms with Crippen molar-refractivity contribution in [2.45, 2.75) is 13.0 Å². The highest BCUT2D eigenvalue weighted by Gasteiger charge is 2.31. The number of fused-ring (bicyclic) bond motifs is 1. The first-order chi connectivity index (χ1) is 9.54. The van der Waals surface area contributed by atoms with Gasteiger partial charge in [0.1, 0.15) is 11.9 Å². The van der Waals surface area contributed by atoms with Crippen molar-refractivity contribution in [1.82, 2.24) is 0 Å². The summed E-state index contributed by atoms with van der Waals surface area (Å²) in [4.78, 5) is 12.0. The lowest BCUT2D eigenvalue weighted by Gasteiger charge is -2.15. The molecule has 20 heavy (non-hydrogen) atoms. The van der Waals surface area contributed by atoms with Crippen molar-refractivity contribution in [1.29, 1.82) is 0 Å². The average molecular weight is 335 g/mol. The van der Waals surface area contributed by atoms with Crippen LogP contribution in [0.3, 0.4) is 0 Å². The Labute approximate surface area is 124 Å². The minimum atomic E-state index is -0.584. The summed E-state index contributed by atoms with van der Waals surface area (Å²) in [7, 11) is 0. The molecular weight excluding hydrogens is 323 g/mol. The molecule has 0 aromatic heterocycles. The number of halogens is 2. The fourth-order valence-corrected chi connectivity index (χ4v) is 2.88. The number of anilines is 2. The maximum Gasteiger partial charge on any atom is 0.251 e. The predicted molar refractivity (Wildman–Crippen MR) is 80.3 cm³/mol. The van der Waals surface area contributed by atoms with Crippen LogP contribution in [0.1, 0.15) is 17.2 Å². The summed E-state index contributed by atoms with van der Waals surface area (Å²) in [6.45, 7) is 1.99. The normalized spacial score (nSPS) is 16.8. The minimum absolute atomic E-state index is 0.182. The third-order valence-electron chi connectivity index (χ3n) is 3.27. The van der Waals surface area contributed by atoms with E-state index in [-0.39, 0.29) is 11.7 Å². The maximum absolute atomic E-state index is 13.4. The molecule has 1 amide bonds. The van der Waals surface area contributed by atoms with Crippen LogP contribution in [0.5, 0.6) is 0 Å². The lowest BCUT2D eigenvalue weighted by Crippen LogP contribution is -2.19. The van der Waals surface area contributed by atoms with Crippen LogP contribution in [0.15, 0.2) is 40.9 Å². The second-order valence-electron chi connectivity index (χ2n) is 4.78. The predicted octanol–water partition coefficient (Wildman–Crippen LogP) is 4.00. The molecule has 0 aliphatic carbocycles. The number of amides is 1. The number of hydrogen-bond acceptors (Lipinski definition) is 2. The summed E-state index contributed by atoms with van der Waals surface area (Å²) >= 11 is 3.46. The third kappa shape index (κ3) is 2.29. The van der Waals surface area contributed by atoms with Crippen LogP contribution in [0.4, 0.5) is 15.8 Å². The molecule has 0 bridgehead atoms. The molecule has 1 unspecified atom stereocenters. The van der Waals surface area contributed by atoms with Crippen LogP contribution >= 0.6 is 15.9 Å². The fourth-order valence-electron chi connectivity index (χ4n) is 2.27. The molecule has 5 heteroatoms. The van der Waals surface area contributed by atoms with Crippen LogP contribution in [-0.2, 0) is 4.79 Å². The Kier molecular flexibility index (Phi) is 3.22. The van der Waals surface area contributed by atoms with Crippen molar-refractivity contribution in [3.8, 4) is 0 Å². The van der Waals surface area contributed by atoms with Gasteiger partial charge in [0.15, 0.2) is 0 Å². The molecule has 0 saturated carbocycles. The molecule has 1 aliphatic heterocycles. The minimum Gasteiger partial charge on any atom is -0.369 e. The Balaban J connectivity index is 1.95. The summed E-state index contributed by atoms with van der Waals surface area (Å²) in [6, 6.07) is 9.52. The first-order valence-corrected chi connectivity index (χ1v) is 6.97. The number of carbonyl (C=O) groups is 1. The Hall–Kier alpha value is -1.88. The van der Waals surface area contributed by atoms with Crippen molar-refractivity contribution in [2.24, 2.45) is 0 Å². The molecular formula is C15H12BrFN2O. The van der Waals surface area contributed by atoms with Crippen LogP contribution in [-0.4, -0.2) is 5.91 Å². The standard InChI is InChI=1S/C15H12BrFN2O/c1-8-2-4-13(11(16)6-8)18-14-10-7-9(17)3-5-12(10)19-15(14)20/h2-7,14,18H,1H3,(H,19,20). The molecule has 1 atom stereocenters. The van der Waals surface area contributed by atoms with Crippen LogP contribution < -0.4 is 10.6 Å². The van der Waals surface area contributed by atoms with E-state index in [1.807, 2.05) is 25.1 Å². The van der Waals surface area contributed by atoms with Crippen LogP contribution in [0.25, 0.3) is 0 Å². The zero-order chi connectivity index (χ0) is 14.3. The monoisotopic (exact) mass is 334 g/mol. The molecule has 2 N–H and O–H groups in total. The van der Waals surface area contributed by atoms with Gasteiger partial charge in [-0.15, -0.1) is 0 Å². The molecule has 2 aromatic rings. The molecule has 0 radical (unpaired) electrons. The van der Waals surface area contributed by atoms with Crippen molar-refractivity contribution in [3.05, 3.63) is 57.8 Å². The number of hydrogen-bond donors (Lipinski definition) is 2. The van der Waals surface area contributed by atoms with Gasteiger partial charge in [0.05, 0.1) is 0 Å². The maximum atomic E-state index is 13.4. The number of carbonyl (C=O) groups excluding carboxylic acids is 1. The highest BCUT2D eigenvalue weighted by molar-refractivity contribution is 9.10. The van der Waals surface area contributed by atoms with E-state index in [1.54, 1.807) is 6.07 Å². The molecule has 3 nitrogen and oxygen atoms in total.